The van der Waals surface area contributed by atoms with E-state index in [1.807, 2.05) is 0 Å². The van der Waals surface area contributed by atoms with E-state index in [-0.39, 0.29) is 0 Å². The zero-order valence-electron chi connectivity index (χ0n) is 12.4. The van der Waals surface area contributed by atoms with Crippen molar-refractivity contribution in [1.82, 2.24) is 10.2 Å². The van der Waals surface area contributed by atoms with E-state index in [4.69, 9.17) is 0 Å². The summed E-state index contributed by atoms with van der Waals surface area (Å²) in [6, 6.07) is 11.0. The van der Waals surface area contributed by atoms with E-state index >= 15 is 0 Å². The van der Waals surface area contributed by atoms with E-state index in [0.717, 1.165) is 18.0 Å². The number of nitrogens with zero attached hydrogens (tertiary/aromatic N) is 1. The molecule has 3 unspecified atom stereocenters. The Morgan fingerprint density at radius 1 is 1.16 bits per heavy atom. The Morgan fingerprint density at radius 3 is 2.37 bits per heavy atom. The largest absolute Gasteiger partial charge is 0.313 e. The smallest absolute Gasteiger partial charge is 0.0349 e. The Hall–Kier alpha value is -0.860. The van der Waals surface area contributed by atoms with E-state index in [9.17, 15) is 0 Å². The highest BCUT2D eigenvalue weighted by molar-refractivity contribution is 5.29. The number of nitrogens with one attached hydrogen (secondary N) is 1. The van der Waals surface area contributed by atoms with Crippen molar-refractivity contribution in [2.75, 3.05) is 14.1 Å². The highest BCUT2D eigenvalue weighted by Gasteiger charge is 2.41. The highest BCUT2D eigenvalue weighted by Crippen LogP contribution is 2.42. The lowest BCUT2D eigenvalue weighted by atomic mass is 9.81. The summed E-state index contributed by atoms with van der Waals surface area (Å²) in [6.45, 7) is 2.24. The second kappa shape index (κ2) is 5.26. The molecular formula is C17H26N2. The number of benzene rings is 1. The lowest BCUT2D eigenvalue weighted by Crippen LogP contribution is -2.43. The molecular weight excluding hydrogens is 232 g/mol. The van der Waals surface area contributed by atoms with Gasteiger partial charge in [-0.25, -0.2) is 0 Å². The van der Waals surface area contributed by atoms with Gasteiger partial charge in [-0.2, -0.15) is 0 Å². The van der Waals surface area contributed by atoms with Gasteiger partial charge < -0.3 is 10.2 Å². The summed E-state index contributed by atoms with van der Waals surface area (Å²) in [5.74, 6) is 0.791. The number of piperidine rings is 1. The molecule has 0 aliphatic carbocycles. The van der Waals surface area contributed by atoms with Gasteiger partial charge in [0.2, 0.25) is 0 Å². The van der Waals surface area contributed by atoms with Gasteiger partial charge in [0.15, 0.2) is 0 Å². The molecule has 2 aliphatic heterocycles. The van der Waals surface area contributed by atoms with E-state index in [2.05, 4.69) is 55.5 Å². The van der Waals surface area contributed by atoms with Crippen LogP contribution in [-0.4, -0.2) is 31.1 Å². The van der Waals surface area contributed by atoms with Gasteiger partial charge in [0.1, 0.15) is 0 Å². The molecule has 104 valence electrons. The van der Waals surface area contributed by atoms with E-state index in [1.54, 1.807) is 0 Å². The topological polar surface area (TPSA) is 15.3 Å². The Kier molecular flexibility index (Phi) is 3.64. The maximum absolute atomic E-state index is 3.59. The van der Waals surface area contributed by atoms with E-state index in [1.165, 1.54) is 36.8 Å². The molecule has 2 saturated heterocycles. The second-order valence-corrected chi connectivity index (χ2v) is 6.40. The maximum atomic E-state index is 3.59. The van der Waals surface area contributed by atoms with E-state index in [0.29, 0.717) is 6.04 Å². The van der Waals surface area contributed by atoms with Crippen LogP contribution in [0.4, 0.5) is 0 Å². The fourth-order valence-electron chi connectivity index (χ4n) is 4.31. The minimum atomic E-state index is 0.526. The number of rotatable bonds is 3. The van der Waals surface area contributed by atoms with Crippen LogP contribution in [0.2, 0.25) is 0 Å². The molecule has 2 heteroatoms. The average molecular weight is 258 g/mol. The summed E-state index contributed by atoms with van der Waals surface area (Å²) < 4.78 is 0. The van der Waals surface area contributed by atoms with Crippen molar-refractivity contribution < 1.29 is 0 Å². The van der Waals surface area contributed by atoms with Crippen molar-refractivity contribution >= 4 is 0 Å². The molecule has 3 atom stereocenters. The zero-order chi connectivity index (χ0) is 13.4. The summed E-state index contributed by atoms with van der Waals surface area (Å²) in [4.78, 5) is 2.63. The molecule has 0 aromatic heterocycles. The molecule has 2 aliphatic rings. The number of aryl methyl sites for hydroxylation is 1. The number of hydrogen-bond acceptors (Lipinski definition) is 2. The number of fused-ring (bicyclic) bond motifs is 2. The van der Waals surface area contributed by atoms with Gasteiger partial charge in [-0.3, -0.25) is 0 Å². The fraction of sp³-hybridized carbons (Fsp3) is 0.647. The molecule has 3 rings (SSSR count). The van der Waals surface area contributed by atoms with Gasteiger partial charge in [-0.1, -0.05) is 24.3 Å². The van der Waals surface area contributed by atoms with Gasteiger partial charge >= 0.3 is 0 Å². The Balaban J connectivity index is 1.82. The van der Waals surface area contributed by atoms with Crippen molar-refractivity contribution in [3.63, 3.8) is 0 Å². The molecule has 19 heavy (non-hydrogen) atoms. The summed E-state index contributed by atoms with van der Waals surface area (Å²) in [5.41, 5.74) is 2.92. The minimum Gasteiger partial charge on any atom is -0.313 e. The lowest BCUT2D eigenvalue weighted by molar-refractivity contribution is 0.114. The number of hydrogen-bond donors (Lipinski definition) is 1. The van der Waals surface area contributed by atoms with Crippen LogP contribution in [0, 0.1) is 12.8 Å². The van der Waals surface area contributed by atoms with Gasteiger partial charge in [0.25, 0.3) is 0 Å². The molecule has 1 aromatic rings. The first-order chi connectivity index (χ1) is 9.20. The molecule has 2 bridgehead atoms. The van der Waals surface area contributed by atoms with Crippen LogP contribution in [0.3, 0.4) is 0 Å². The van der Waals surface area contributed by atoms with Crippen LogP contribution in [-0.2, 0) is 0 Å². The molecule has 0 spiro atoms. The predicted molar refractivity (Wildman–Crippen MR) is 80.3 cm³/mol. The van der Waals surface area contributed by atoms with Crippen molar-refractivity contribution in [3.05, 3.63) is 35.4 Å². The zero-order valence-corrected chi connectivity index (χ0v) is 12.4. The van der Waals surface area contributed by atoms with Crippen LogP contribution < -0.4 is 5.32 Å². The molecule has 0 radical (unpaired) electrons. The summed E-state index contributed by atoms with van der Waals surface area (Å²) in [7, 11) is 4.44. The molecule has 2 heterocycles. The lowest BCUT2D eigenvalue weighted by Gasteiger charge is -2.40. The quantitative estimate of drug-likeness (QED) is 0.896. The molecule has 0 saturated carbocycles. The monoisotopic (exact) mass is 258 g/mol. The summed E-state index contributed by atoms with van der Waals surface area (Å²) in [5, 5.41) is 3.59. The van der Waals surface area contributed by atoms with Crippen LogP contribution in [0.1, 0.15) is 42.9 Å². The molecule has 2 fully saturated rings. The highest BCUT2D eigenvalue weighted by atomic mass is 15.2. The average Bonchev–Trinajstić information content (AvgIpc) is 2.65. The Labute approximate surface area is 117 Å². The van der Waals surface area contributed by atoms with Crippen LogP contribution in [0.15, 0.2) is 24.3 Å². The minimum absolute atomic E-state index is 0.526. The first-order valence-electron chi connectivity index (χ1n) is 7.65. The van der Waals surface area contributed by atoms with Crippen molar-refractivity contribution in [2.45, 2.75) is 50.7 Å². The van der Waals surface area contributed by atoms with Gasteiger partial charge in [-0.15, -0.1) is 0 Å². The van der Waals surface area contributed by atoms with Gasteiger partial charge in [-0.05, 0) is 63.7 Å². The van der Waals surface area contributed by atoms with Crippen LogP contribution in [0.5, 0.6) is 0 Å². The van der Waals surface area contributed by atoms with Crippen molar-refractivity contribution in [3.8, 4) is 0 Å². The van der Waals surface area contributed by atoms with Crippen LogP contribution in [0.25, 0.3) is 0 Å². The Morgan fingerprint density at radius 2 is 1.79 bits per heavy atom. The third kappa shape index (κ3) is 2.32. The third-order valence-electron chi connectivity index (χ3n) is 5.44. The fourth-order valence-corrected chi connectivity index (χ4v) is 4.31. The second-order valence-electron chi connectivity index (χ2n) is 6.40. The maximum Gasteiger partial charge on any atom is 0.0349 e. The summed E-state index contributed by atoms with van der Waals surface area (Å²) >= 11 is 0. The molecule has 2 nitrogen and oxygen atoms in total. The van der Waals surface area contributed by atoms with E-state index < -0.39 is 0 Å². The normalized spacial score (nSPS) is 32.5. The summed E-state index contributed by atoms with van der Waals surface area (Å²) in [6.07, 6.45) is 5.52. The third-order valence-corrected chi connectivity index (χ3v) is 5.44. The molecule has 0 amide bonds. The van der Waals surface area contributed by atoms with Crippen LogP contribution >= 0.6 is 0 Å². The SMILES string of the molecule is CNC(c1ccccc1C)C1CC2CCC(C1)N2C. The standard InChI is InChI=1S/C17H26N2/c1-12-6-4-5-7-16(12)17(18-2)13-10-14-8-9-15(11-13)19(14)3/h4-7,13-15,17-18H,8-11H2,1-3H3. The first kappa shape index (κ1) is 13.1. The molecule has 1 N–H and O–H groups in total. The molecule has 1 aromatic carbocycles. The van der Waals surface area contributed by atoms with Crippen molar-refractivity contribution in [1.29, 1.82) is 0 Å². The first-order valence-corrected chi connectivity index (χ1v) is 7.65. The Bertz CT molecular complexity index is 429. The predicted octanol–water partition coefficient (Wildman–Crippen LogP) is 3.13. The van der Waals surface area contributed by atoms with Gasteiger partial charge in [0, 0.05) is 18.1 Å². The van der Waals surface area contributed by atoms with Gasteiger partial charge in [0.05, 0.1) is 0 Å². The van der Waals surface area contributed by atoms with Crippen molar-refractivity contribution in [2.24, 2.45) is 5.92 Å².